The SMILES string of the molecule is CCOP(=O)(OCC)c1ccc(Cn2c(=O)[nH]c3cnc4c5c(ccc4c32)OCO5)cc1F. The summed E-state index contributed by atoms with van der Waals surface area (Å²) in [4.78, 5) is 20.0. The molecule has 0 bridgehead atoms. The summed E-state index contributed by atoms with van der Waals surface area (Å²) in [5.74, 6) is 0.387. The number of rotatable bonds is 7. The van der Waals surface area contributed by atoms with Gasteiger partial charge in [-0.05, 0) is 43.7 Å². The van der Waals surface area contributed by atoms with Crippen LogP contribution in [0.1, 0.15) is 19.4 Å². The zero-order valence-electron chi connectivity index (χ0n) is 18.0. The number of aromatic nitrogens is 3. The van der Waals surface area contributed by atoms with E-state index in [4.69, 9.17) is 18.5 Å². The molecule has 0 spiro atoms. The van der Waals surface area contributed by atoms with Crippen LogP contribution in [0.5, 0.6) is 11.5 Å². The van der Waals surface area contributed by atoms with Gasteiger partial charge in [-0.1, -0.05) is 6.07 Å². The van der Waals surface area contributed by atoms with Crippen molar-refractivity contribution in [1.29, 1.82) is 0 Å². The molecule has 1 aliphatic rings. The quantitative estimate of drug-likeness (QED) is 0.408. The van der Waals surface area contributed by atoms with Crippen LogP contribution in [0.25, 0.3) is 21.9 Å². The van der Waals surface area contributed by atoms with Crippen LogP contribution in [-0.4, -0.2) is 34.5 Å². The van der Waals surface area contributed by atoms with Gasteiger partial charge in [0.25, 0.3) is 0 Å². The molecule has 0 amide bonds. The zero-order valence-corrected chi connectivity index (χ0v) is 18.9. The number of ether oxygens (including phenoxy) is 2. The summed E-state index contributed by atoms with van der Waals surface area (Å²) < 4.78 is 50.9. The minimum Gasteiger partial charge on any atom is -0.454 e. The Kier molecular flexibility index (Phi) is 5.44. The Hall–Kier alpha value is -3.20. The van der Waals surface area contributed by atoms with Crippen LogP contribution in [0, 0.1) is 5.82 Å². The van der Waals surface area contributed by atoms with E-state index in [1.54, 1.807) is 32.2 Å². The van der Waals surface area contributed by atoms with E-state index in [9.17, 15) is 13.8 Å². The first-order valence-corrected chi connectivity index (χ1v) is 12.0. The second kappa shape index (κ2) is 8.30. The fraction of sp³-hybridized carbons (Fsp3) is 0.273. The summed E-state index contributed by atoms with van der Waals surface area (Å²) in [5.41, 5.74) is 1.86. The maximum Gasteiger partial charge on any atom is 0.364 e. The summed E-state index contributed by atoms with van der Waals surface area (Å²) in [6.45, 7) is 3.73. The van der Waals surface area contributed by atoms with Gasteiger partial charge in [0.1, 0.15) is 11.3 Å². The highest BCUT2D eigenvalue weighted by Crippen LogP contribution is 2.47. The maximum absolute atomic E-state index is 15.0. The van der Waals surface area contributed by atoms with Crippen LogP contribution in [0.15, 0.2) is 41.3 Å². The predicted molar refractivity (Wildman–Crippen MR) is 120 cm³/mol. The summed E-state index contributed by atoms with van der Waals surface area (Å²) in [6.07, 6.45) is 1.56. The molecule has 3 heterocycles. The van der Waals surface area contributed by atoms with Crippen molar-refractivity contribution in [3.8, 4) is 11.5 Å². The van der Waals surface area contributed by atoms with Crippen molar-refractivity contribution >= 4 is 34.8 Å². The molecule has 2 aromatic heterocycles. The molecule has 4 aromatic rings. The van der Waals surface area contributed by atoms with Gasteiger partial charge in [-0.15, -0.1) is 0 Å². The molecule has 0 aliphatic carbocycles. The largest absolute Gasteiger partial charge is 0.454 e. The molecule has 1 aliphatic heterocycles. The predicted octanol–water partition coefficient (Wildman–Crippen LogP) is 3.69. The second-order valence-corrected chi connectivity index (χ2v) is 9.34. The van der Waals surface area contributed by atoms with Crippen LogP contribution in [-0.2, 0) is 20.2 Å². The lowest BCUT2D eigenvalue weighted by atomic mass is 10.1. The number of pyridine rings is 1. The number of H-pyrrole nitrogens is 1. The molecule has 0 saturated carbocycles. The van der Waals surface area contributed by atoms with E-state index in [2.05, 4.69) is 9.97 Å². The number of hydrogen-bond acceptors (Lipinski definition) is 7. The van der Waals surface area contributed by atoms with Crippen molar-refractivity contribution in [2.75, 3.05) is 20.0 Å². The minimum atomic E-state index is -3.77. The average Bonchev–Trinajstić information content (AvgIpc) is 3.38. The summed E-state index contributed by atoms with van der Waals surface area (Å²) in [6, 6.07) is 7.80. The highest BCUT2D eigenvalue weighted by atomic mass is 31.2. The van der Waals surface area contributed by atoms with Gasteiger partial charge in [0.2, 0.25) is 6.79 Å². The number of imidazole rings is 1. The van der Waals surface area contributed by atoms with Gasteiger partial charge in [-0.2, -0.15) is 0 Å². The normalized spacial score (nSPS) is 13.3. The first-order valence-electron chi connectivity index (χ1n) is 10.4. The van der Waals surface area contributed by atoms with Gasteiger partial charge in [-0.25, -0.2) is 14.2 Å². The standard InChI is InChI=1S/C22H21FN3O6P/c1-3-31-33(28,32-4-2)18-8-5-13(9-15(18)23)11-26-20-14-6-7-17-21(30-12-29-17)19(14)24-10-16(20)25-22(26)27/h5-10H,3-4,11-12H2,1-2H3,(H,25,27). The third kappa shape index (κ3) is 3.60. The van der Waals surface area contributed by atoms with Crippen molar-refractivity contribution in [2.24, 2.45) is 0 Å². The topological polar surface area (TPSA) is 105 Å². The van der Waals surface area contributed by atoms with E-state index in [0.29, 0.717) is 39.0 Å². The minimum absolute atomic E-state index is 0.0805. The number of fused-ring (bicyclic) bond motifs is 5. The molecule has 0 unspecified atom stereocenters. The molecular formula is C22H21FN3O6P. The highest BCUT2D eigenvalue weighted by Gasteiger charge is 2.30. The van der Waals surface area contributed by atoms with Crippen LogP contribution in [0.3, 0.4) is 0 Å². The van der Waals surface area contributed by atoms with Crippen molar-refractivity contribution in [3.05, 3.63) is 58.4 Å². The van der Waals surface area contributed by atoms with Gasteiger partial charge in [-0.3, -0.25) is 9.13 Å². The first kappa shape index (κ1) is 21.6. The molecule has 0 radical (unpaired) electrons. The number of hydrogen-bond donors (Lipinski definition) is 1. The number of halogens is 1. The van der Waals surface area contributed by atoms with Crippen molar-refractivity contribution < 1.29 is 27.5 Å². The third-order valence-electron chi connectivity index (χ3n) is 5.35. The molecule has 0 fully saturated rings. The molecule has 1 N–H and O–H groups in total. The summed E-state index contributed by atoms with van der Waals surface area (Å²) in [5, 5.41) is 0.563. The fourth-order valence-corrected chi connectivity index (χ4v) is 5.62. The molecular weight excluding hydrogens is 452 g/mol. The number of nitrogens with zero attached hydrogens (tertiary/aromatic N) is 2. The van der Waals surface area contributed by atoms with Gasteiger partial charge in [0.05, 0.1) is 42.3 Å². The lowest BCUT2D eigenvalue weighted by Crippen LogP contribution is -2.19. The van der Waals surface area contributed by atoms with Crippen molar-refractivity contribution in [1.82, 2.24) is 14.5 Å². The number of nitrogens with one attached hydrogen (secondary N) is 1. The Morgan fingerprint density at radius 3 is 2.70 bits per heavy atom. The second-order valence-electron chi connectivity index (χ2n) is 7.35. The van der Waals surface area contributed by atoms with Crippen molar-refractivity contribution in [3.63, 3.8) is 0 Å². The Balaban J connectivity index is 1.58. The van der Waals surface area contributed by atoms with Crippen LogP contribution in [0.4, 0.5) is 4.39 Å². The number of benzene rings is 2. The summed E-state index contributed by atoms with van der Waals surface area (Å²) in [7, 11) is -3.77. The fourth-order valence-electron chi connectivity index (χ4n) is 4.00. The first-order chi connectivity index (χ1) is 15.9. The lowest BCUT2D eigenvalue weighted by Gasteiger charge is -2.18. The zero-order chi connectivity index (χ0) is 23.2. The van der Waals surface area contributed by atoms with Crippen LogP contribution in [0.2, 0.25) is 0 Å². The lowest BCUT2D eigenvalue weighted by molar-refractivity contribution is 0.174. The van der Waals surface area contributed by atoms with Gasteiger partial charge in [0.15, 0.2) is 11.5 Å². The Morgan fingerprint density at radius 1 is 1.18 bits per heavy atom. The average molecular weight is 473 g/mol. The third-order valence-corrected chi connectivity index (χ3v) is 7.50. The Bertz CT molecular complexity index is 1470. The monoisotopic (exact) mass is 473 g/mol. The number of aromatic amines is 1. The van der Waals surface area contributed by atoms with E-state index in [1.807, 2.05) is 6.07 Å². The highest BCUT2D eigenvalue weighted by molar-refractivity contribution is 7.62. The van der Waals surface area contributed by atoms with Crippen LogP contribution < -0.4 is 20.5 Å². The van der Waals surface area contributed by atoms with E-state index in [0.717, 1.165) is 0 Å². The van der Waals surface area contributed by atoms with Gasteiger partial charge < -0.3 is 23.5 Å². The van der Waals surface area contributed by atoms with E-state index >= 15 is 0 Å². The summed E-state index contributed by atoms with van der Waals surface area (Å²) >= 11 is 0. The van der Waals surface area contributed by atoms with Crippen molar-refractivity contribution in [2.45, 2.75) is 20.4 Å². The molecule has 172 valence electrons. The van der Waals surface area contributed by atoms with Gasteiger partial charge in [0, 0.05) is 5.39 Å². The Labute approximate surface area is 187 Å². The molecule has 0 saturated heterocycles. The van der Waals surface area contributed by atoms with Crippen LogP contribution >= 0.6 is 7.60 Å². The molecule has 5 rings (SSSR count). The Morgan fingerprint density at radius 2 is 1.97 bits per heavy atom. The molecule has 33 heavy (non-hydrogen) atoms. The molecule has 2 aromatic carbocycles. The molecule has 11 heteroatoms. The van der Waals surface area contributed by atoms with E-state index in [-0.39, 0.29) is 37.5 Å². The van der Waals surface area contributed by atoms with E-state index < -0.39 is 13.4 Å². The van der Waals surface area contributed by atoms with Gasteiger partial charge >= 0.3 is 13.3 Å². The molecule has 9 nitrogen and oxygen atoms in total. The maximum atomic E-state index is 15.0. The smallest absolute Gasteiger partial charge is 0.364 e. The van der Waals surface area contributed by atoms with E-state index in [1.165, 1.54) is 16.7 Å². The molecule has 0 atom stereocenters.